The highest BCUT2D eigenvalue weighted by molar-refractivity contribution is 5.95. The first-order chi connectivity index (χ1) is 23.5. The summed E-state index contributed by atoms with van der Waals surface area (Å²) in [6.45, 7) is 5.55. The minimum absolute atomic E-state index is 0.168. The molecule has 0 radical (unpaired) electrons. The van der Waals surface area contributed by atoms with Crippen molar-refractivity contribution < 1.29 is 27.4 Å². The molecule has 1 saturated carbocycles. The van der Waals surface area contributed by atoms with E-state index in [-0.39, 0.29) is 24.0 Å². The fourth-order valence-corrected chi connectivity index (χ4v) is 8.01. The summed E-state index contributed by atoms with van der Waals surface area (Å²) in [6, 6.07) is 12.5. The molecule has 49 heavy (non-hydrogen) atoms. The Balaban J connectivity index is 1.13. The molecule has 3 aromatic rings. The Hall–Kier alpha value is -3.88. The number of amides is 1. The van der Waals surface area contributed by atoms with E-state index in [2.05, 4.69) is 39.6 Å². The summed E-state index contributed by atoms with van der Waals surface area (Å²) in [6.07, 6.45) is 4.69. The molecule has 1 aromatic heterocycles. The van der Waals surface area contributed by atoms with Crippen molar-refractivity contribution in [3.8, 4) is 17.6 Å². The highest BCUT2D eigenvalue weighted by Gasteiger charge is 2.42. The van der Waals surface area contributed by atoms with Crippen LogP contribution in [-0.4, -0.2) is 80.1 Å². The molecule has 0 atom stereocenters. The number of rotatable bonds is 8. The van der Waals surface area contributed by atoms with E-state index < -0.39 is 12.7 Å². The summed E-state index contributed by atoms with van der Waals surface area (Å²) < 4.78 is 53.7. The summed E-state index contributed by atoms with van der Waals surface area (Å²) in [5, 5.41) is 10.2. The molecule has 1 spiro atoms. The van der Waals surface area contributed by atoms with Gasteiger partial charge in [0.25, 0.3) is 5.91 Å². The number of hydrogen-bond donors (Lipinski definition) is 3. The van der Waals surface area contributed by atoms with Gasteiger partial charge < -0.3 is 30.0 Å². The van der Waals surface area contributed by atoms with E-state index in [1.165, 1.54) is 37.4 Å². The van der Waals surface area contributed by atoms with E-state index in [9.17, 15) is 18.0 Å². The number of carbonyl (C=O) groups excluding carboxylic acids is 1. The Morgan fingerprint density at radius 2 is 1.76 bits per heavy atom. The first kappa shape index (κ1) is 35.0. The largest absolute Gasteiger partial charge is 0.495 e. The summed E-state index contributed by atoms with van der Waals surface area (Å²) in [7, 11) is 3.06. The zero-order chi connectivity index (χ0) is 34.6. The Labute approximate surface area is 287 Å². The topological polar surface area (TPSA) is 79.8 Å². The second-order valence-electron chi connectivity index (χ2n) is 14.1. The van der Waals surface area contributed by atoms with E-state index in [1.54, 1.807) is 37.4 Å². The second kappa shape index (κ2) is 14.5. The van der Waals surface area contributed by atoms with Crippen molar-refractivity contribution >= 4 is 28.2 Å². The Kier molecular flexibility index (Phi) is 10.4. The summed E-state index contributed by atoms with van der Waals surface area (Å²) >= 11 is 0. The van der Waals surface area contributed by atoms with E-state index in [0.29, 0.717) is 33.6 Å². The van der Waals surface area contributed by atoms with Crippen LogP contribution in [-0.2, 0) is 11.3 Å². The molecule has 1 aliphatic carbocycles. The third-order valence-electron chi connectivity index (χ3n) is 11.1. The minimum atomic E-state index is -4.41. The molecule has 3 heterocycles. The third-order valence-corrected chi connectivity index (χ3v) is 11.1. The summed E-state index contributed by atoms with van der Waals surface area (Å²) in [4.78, 5) is 14.7. The number of benzene rings is 2. The average Bonchev–Trinajstić information content (AvgIpc) is 3.44. The number of aromatic nitrogens is 1. The van der Waals surface area contributed by atoms with Crippen molar-refractivity contribution in [2.45, 2.75) is 82.6 Å². The molecule has 2 aromatic carbocycles. The fourth-order valence-electron chi connectivity index (χ4n) is 8.01. The molecular formula is C38H48F3N5O3. The van der Waals surface area contributed by atoms with Crippen LogP contribution in [0.1, 0.15) is 74.3 Å². The van der Waals surface area contributed by atoms with Crippen molar-refractivity contribution in [3.63, 3.8) is 0 Å². The van der Waals surface area contributed by atoms with Gasteiger partial charge in [0.1, 0.15) is 12.3 Å². The number of fused-ring (bicyclic) bond motifs is 1. The highest BCUT2D eigenvalue weighted by Crippen LogP contribution is 2.45. The summed E-state index contributed by atoms with van der Waals surface area (Å²) in [5.74, 6) is 6.19. The predicted molar refractivity (Wildman–Crippen MR) is 187 cm³/mol. The number of halogens is 3. The minimum Gasteiger partial charge on any atom is -0.495 e. The van der Waals surface area contributed by atoms with Crippen LogP contribution in [0.5, 0.6) is 5.75 Å². The fraction of sp³-hybridized carbons (Fsp3) is 0.553. The number of ether oxygens (including phenoxy) is 2. The van der Waals surface area contributed by atoms with Crippen molar-refractivity contribution in [2.75, 3.05) is 57.6 Å². The van der Waals surface area contributed by atoms with Gasteiger partial charge in [0.15, 0.2) is 0 Å². The van der Waals surface area contributed by atoms with Crippen LogP contribution >= 0.6 is 0 Å². The van der Waals surface area contributed by atoms with Gasteiger partial charge in [-0.05, 0) is 119 Å². The van der Waals surface area contributed by atoms with Gasteiger partial charge in [-0.15, -0.1) is 0 Å². The number of carbonyl (C=O) groups is 1. The first-order valence-corrected chi connectivity index (χ1v) is 17.4. The number of piperidine rings is 1. The normalized spacial score (nSPS) is 22.7. The third kappa shape index (κ3) is 7.97. The molecule has 1 amide bonds. The second-order valence-corrected chi connectivity index (χ2v) is 14.1. The predicted octanol–water partition coefficient (Wildman–Crippen LogP) is 7.04. The van der Waals surface area contributed by atoms with E-state index in [0.717, 1.165) is 63.1 Å². The van der Waals surface area contributed by atoms with Gasteiger partial charge in [-0.3, -0.25) is 9.69 Å². The highest BCUT2D eigenvalue weighted by atomic mass is 19.4. The monoisotopic (exact) mass is 679 g/mol. The molecule has 8 nitrogen and oxygen atoms in total. The molecular weight excluding hydrogens is 631 g/mol. The number of alkyl halides is 3. The standard InChI is InChI=1S/C38H48F3N5O3/c1-36(45-20-15-37(16-21-45)17-22-49-23-18-37)13-11-28(12-14-36)44-31-7-4-8-33-30(31)25-29(46(33)26-38(39,40)41)6-5-19-43-32-10-9-27(35(47)42-2)24-34(32)48-3/h4,7-10,24-25,28,43-44H,11-23,26H2,1-3H3,(H,42,47). The Bertz CT molecular complexity index is 1680. The number of methoxy groups -OCH3 is 1. The van der Waals surface area contributed by atoms with Gasteiger partial charge in [-0.2, -0.15) is 13.2 Å². The number of nitrogens with zero attached hydrogens (tertiary/aromatic N) is 2. The van der Waals surface area contributed by atoms with Crippen LogP contribution in [0.25, 0.3) is 10.9 Å². The molecule has 2 aliphatic heterocycles. The lowest BCUT2D eigenvalue weighted by Crippen LogP contribution is -2.55. The van der Waals surface area contributed by atoms with Gasteiger partial charge in [0, 0.05) is 48.5 Å². The molecule has 2 saturated heterocycles. The Morgan fingerprint density at radius 1 is 1.02 bits per heavy atom. The van der Waals surface area contributed by atoms with Gasteiger partial charge >= 0.3 is 6.18 Å². The number of anilines is 2. The number of likely N-dealkylation sites (tertiary alicyclic amines) is 1. The van der Waals surface area contributed by atoms with Gasteiger partial charge in [-0.1, -0.05) is 12.0 Å². The lowest BCUT2D eigenvalue weighted by atomic mass is 9.70. The number of nitrogens with one attached hydrogen (secondary N) is 3. The van der Waals surface area contributed by atoms with Gasteiger partial charge in [0.05, 0.1) is 30.6 Å². The molecule has 11 heteroatoms. The van der Waals surface area contributed by atoms with Gasteiger partial charge in [0.2, 0.25) is 0 Å². The molecule has 0 unspecified atom stereocenters. The van der Waals surface area contributed by atoms with E-state index in [1.807, 2.05) is 12.1 Å². The molecule has 3 aliphatic rings. The maximum atomic E-state index is 13.8. The number of hydrogen-bond acceptors (Lipinski definition) is 6. The smallest absolute Gasteiger partial charge is 0.406 e. The SMILES string of the molecule is CNC(=O)c1ccc(NCC#Cc2cc3c(NC4CCC(C)(N5CCC6(CCOCC6)CC5)CC4)cccc3n2CC(F)(F)F)c(OC)c1. The molecule has 6 rings (SSSR count). The lowest BCUT2D eigenvalue weighted by molar-refractivity contribution is -0.140. The quantitative estimate of drug-likeness (QED) is 0.222. The molecule has 264 valence electrons. The van der Waals surface area contributed by atoms with E-state index >= 15 is 0 Å². The van der Waals surface area contributed by atoms with Crippen molar-refractivity contribution in [3.05, 3.63) is 53.7 Å². The maximum absolute atomic E-state index is 13.8. The first-order valence-electron chi connectivity index (χ1n) is 17.4. The van der Waals surface area contributed by atoms with Crippen LogP contribution in [0, 0.1) is 17.3 Å². The zero-order valence-electron chi connectivity index (χ0n) is 28.8. The van der Waals surface area contributed by atoms with E-state index in [4.69, 9.17) is 9.47 Å². The zero-order valence-corrected chi connectivity index (χ0v) is 28.8. The molecule has 0 bridgehead atoms. The van der Waals surface area contributed by atoms with Crippen LogP contribution in [0.4, 0.5) is 24.5 Å². The van der Waals surface area contributed by atoms with Crippen LogP contribution in [0.2, 0.25) is 0 Å². The maximum Gasteiger partial charge on any atom is 0.406 e. The average molecular weight is 680 g/mol. The van der Waals surface area contributed by atoms with Crippen molar-refractivity contribution in [1.29, 1.82) is 0 Å². The van der Waals surface area contributed by atoms with Gasteiger partial charge in [-0.25, -0.2) is 0 Å². The Morgan fingerprint density at radius 3 is 2.43 bits per heavy atom. The lowest BCUT2D eigenvalue weighted by Gasteiger charge is -2.52. The molecule has 3 fully saturated rings. The van der Waals surface area contributed by atoms with Crippen LogP contribution in [0.3, 0.4) is 0 Å². The molecule has 3 N–H and O–H groups in total. The van der Waals surface area contributed by atoms with Crippen LogP contribution < -0.4 is 20.7 Å². The van der Waals surface area contributed by atoms with Crippen molar-refractivity contribution in [1.82, 2.24) is 14.8 Å². The van der Waals surface area contributed by atoms with Crippen molar-refractivity contribution in [2.24, 2.45) is 5.41 Å². The summed E-state index contributed by atoms with van der Waals surface area (Å²) in [5.41, 5.74) is 3.37. The van der Waals surface area contributed by atoms with Crippen LogP contribution in [0.15, 0.2) is 42.5 Å².